The highest BCUT2D eigenvalue weighted by Crippen LogP contribution is 2.20. The summed E-state index contributed by atoms with van der Waals surface area (Å²) in [5.41, 5.74) is 0.808. The van der Waals surface area contributed by atoms with Crippen LogP contribution in [0.25, 0.3) is 11.4 Å². The molecule has 1 heterocycles. The first-order valence-electron chi connectivity index (χ1n) is 6.65. The first-order valence-corrected chi connectivity index (χ1v) is 6.65. The number of rotatable bonds is 5. The molecule has 2 rings (SSSR count). The average Bonchev–Trinajstić information content (AvgIpc) is 2.44. The molecule has 0 bridgehead atoms. The van der Waals surface area contributed by atoms with Crippen molar-refractivity contribution in [2.75, 3.05) is 6.54 Å². The highest BCUT2D eigenvalue weighted by molar-refractivity contribution is 5.55. The summed E-state index contributed by atoms with van der Waals surface area (Å²) in [6.45, 7) is 5.53. The predicted molar refractivity (Wildman–Crippen MR) is 73.9 cm³/mol. The molecular weight excluding hydrogens is 279 g/mol. The summed E-state index contributed by atoms with van der Waals surface area (Å²) in [7, 11) is 0. The summed E-state index contributed by atoms with van der Waals surface area (Å²) in [5, 5.41) is 3.21. The van der Waals surface area contributed by atoms with Gasteiger partial charge in [-0.25, -0.2) is 23.1 Å². The van der Waals surface area contributed by atoms with Crippen molar-refractivity contribution in [3.05, 3.63) is 47.5 Å². The van der Waals surface area contributed by atoms with Crippen molar-refractivity contribution >= 4 is 0 Å². The number of hydrogen-bond donors (Lipinski definition) is 1. The van der Waals surface area contributed by atoms with Gasteiger partial charge in [-0.1, -0.05) is 13.8 Å². The third kappa shape index (κ3) is 4.01. The molecule has 1 N–H and O–H groups in total. The Kier molecular flexibility index (Phi) is 4.90. The third-order valence-corrected chi connectivity index (χ3v) is 2.81. The second kappa shape index (κ2) is 6.67. The molecule has 3 nitrogen and oxygen atoms in total. The Balaban J connectivity index is 2.21. The van der Waals surface area contributed by atoms with Crippen LogP contribution in [-0.4, -0.2) is 16.5 Å². The topological polar surface area (TPSA) is 37.8 Å². The van der Waals surface area contributed by atoms with Gasteiger partial charge in [0.05, 0.1) is 5.69 Å². The fraction of sp³-hybridized carbons (Fsp3) is 0.333. The summed E-state index contributed by atoms with van der Waals surface area (Å²) in [6, 6.07) is 3.49. The Morgan fingerprint density at radius 3 is 2.43 bits per heavy atom. The zero-order valence-corrected chi connectivity index (χ0v) is 11.8. The smallest absolute Gasteiger partial charge is 0.194 e. The van der Waals surface area contributed by atoms with Crippen molar-refractivity contribution in [1.29, 1.82) is 0 Å². The average molecular weight is 295 g/mol. The Morgan fingerprint density at radius 1 is 1.14 bits per heavy atom. The molecule has 0 aliphatic carbocycles. The molecule has 112 valence electrons. The van der Waals surface area contributed by atoms with Crippen molar-refractivity contribution in [1.82, 2.24) is 15.3 Å². The molecule has 0 atom stereocenters. The standard InChI is InChI=1S/C15H16F3N3/c1-9(2)7-19-8-11-3-4-20-15(21-11)10-5-12(16)14(18)13(17)6-10/h3-6,9,19H,7-8H2,1-2H3. The number of nitrogens with one attached hydrogen (secondary N) is 1. The van der Waals surface area contributed by atoms with E-state index in [-0.39, 0.29) is 11.4 Å². The number of hydrogen-bond acceptors (Lipinski definition) is 3. The molecule has 6 heteroatoms. The monoisotopic (exact) mass is 295 g/mol. The van der Waals surface area contributed by atoms with E-state index in [1.165, 1.54) is 6.20 Å². The summed E-state index contributed by atoms with van der Waals surface area (Å²) in [4.78, 5) is 8.19. The van der Waals surface area contributed by atoms with Gasteiger partial charge < -0.3 is 5.32 Å². The molecule has 1 aromatic heterocycles. The molecule has 1 aromatic carbocycles. The second-order valence-corrected chi connectivity index (χ2v) is 5.15. The van der Waals surface area contributed by atoms with Crippen molar-refractivity contribution < 1.29 is 13.2 Å². The summed E-state index contributed by atoms with van der Waals surface area (Å²) >= 11 is 0. The molecule has 21 heavy (non-hydrogen) atoms. The van der Waals surface area contributed by atoms with Gasteiger partial charge in [0, 0.05) is 18.3 Å². The molecule has 0 unspecified atom stereocenters. The Morgan fingerprint density at radius 2 is 1.81 bits per heavy atom. The zero-order chi connectivity index (χ0) is 15.4. The van der Waals surface area contributed by atoms with Crippen molar-refractivity contribution in [2.45, 2.75) is 20.4 Å². The Hall–Kier alpha value is -1.95. The number of aromatic nitrogens is 2. The zero-order valence-electron chi connectivity index (χ0n) is 11.8. The van der Waals surface area contributed by atoms with E-state index in [1.807, 2.05) is 0 Å². The lowest BCUT2D eigenvalue weighted by atomic mass is 10.2. The molecule has 0 amide bonds. The normalized spacial score (nSPS) is 11.1. The first kappa shape index (κ1) is 15.4. The SMILES string of the molecule is CC(C)CNCc1ccnc(-c2cc(F)c(F)c(F)c2)n1. The molecule has 0 spiro atoms. The van der Waals surface area contributed by atoms with E-state index in [0.717, 1.165) is 18.7 Å². The fourth-order valence-electron chi connectivity index (χ4n) is 1.81. The van der Waals surface area contributed by atoms with Crippen LogP contribution in [0, 0.1) is 23.4 Å². The van der Waals surface area contributed by atoms with Crippen LogP contribution in [0.3, 0.4) is 0 Å². The summed E-state index contributed by atoms with van der Waals surface area (Å²) in [5.74, 6) is -3.33. The molecule has 0 aliphatic heterocycles. The van der Waals surface area contributed by atoms with Crippen LogP contribution in [-0.2, 0) is 6.54 Å². The van der Waals surface area contributed by atoms with Gasteiger partial charge in [0.15, 0.2) is 23.3 Å². The van der Waals surface area contributed by atoms with Gasteiger partial charge in [-0.3, -0.25) is 0 Å². The van der Waals surface area contributed by atoms with Crippen LogP contribution in [0.5, 0.6) is 0 Å². The number of benzene rings is 1. The van der Waals surface area contributed by atoms with Gasteiger partial charge in [-0.2, -0.15) is 0 Å². The predicted octanol–water partition coefficient (Wildman–Crippen LogP) is 3.31. The molecule has 0 saturated heterocycles. The van der Waals surface area contributed by atoms with Crippen LogP contribution >= 0.6 is 0 Å². The second-order valence-electron chi connectivity index (χ2n) is 5.15. The van der Waals surface area contributed by atoms with E-state index in [1.54, 1.807) is 6.07 Å². The third-order valence-electron chi connectivity index (χ3n) is 2.81. The van der Waals surface area contributed by atoms with Crippen LogP contribution < -0.4 is 5.32 Å². The summed E-state index contributed by atoms with van der Waals surface area (Å²) < 4.78 is 39.4. The molecule has 0 fully saturated rings. The minimum absolute atomic E-state index is 0.108. The van der Waals surface area contributed by atoms with Gasteiger partial charge >= 0.3 is 0 Å². The maximum absolute atomic E-state index is 13.2. The van der Waals surface area contributed by atoms with Gasteiger partial charge in [0.1, 0.15) is 0 Å². The molecule has 0 aliphatic rings. The minimum Gasteiger partial charge on any atom is -0.311 e. The van der Waals surface area contributed by atoms with E-state index in [4.69, 9.17) is 0 Å². The highest BCUT2D eigenvalue weighted by Gasteiger charge is 2.13. The molecule has 2 aromatic rings. The lowest BCUT2D eigenvalue weighted by molar-refractivity contribution is 0.447. The highest BCUT2D eigenvalue weighted by atomic mass is 19.2. The maximum Gasteiger partial charge on any atom is 0.194 e. The lowest BCUT2D eigenvalue weighted by Gasteiger charge is -2.08. The largest absolute Gasteiger partial charge is 0.311 e. The fourth-order valence-corrected chi connectivity index (χ4v) is 1.81. The van der Waals surface area contributed by atoms with Gasteiger partial charge in [0.25, 0.3) is 0 Å². The first-order chi connectivity index (χ1) is 9.97. The minimum atomic E-state index is -1.49. The van der Waals surface area contributed by atoms with Gasteiger partial charge in [-0.15, -0.1) is 0 Å². The molecule has 0 radical (unpaired) electrons. The number of halogens is 3. The van der Waals surface area contributed by atoms with Gasteiger partial charge in [0.2, 0.25) is 0 Å². The number of nitrogens with zero attached hydrogens (tertiary/aromatic N) is 2. The van der Waals surface area contributed by atoms with Crippen molar-refractivity contribution in [3.8, 4) is 11.4 Å². The Bertz CT molecular complexity index is 606. The summed E-state index contributed by atoms with van der Waals surface area (Å²) in [6.07, 6.45) is 1.51. The Labute approximate surface area is 121 Å². The van der Waals surface area contributed by atoms with E-state index < -0.39 is 17.5 Å². The van der Waals surface area contributed by atoms with E-state index in [2.05, 4.69) is 29.1 Å². The molecular formula is C15H16F3N3. The van der Waals surface area contributed by atoms with E-state index in [0.29, 0.717) is 18.2 Å². The van der Waals surface area contributed by atoms with Crippen molar-refractivity contribution in [2.24, 2.45) is 5.92 Å². The van der Waals surface area contributed by atoms with Crippen LogP contribution in [0.2, 0.25) is 0 Å². The maximum atomic E-state index is 13.2. The lowest BCUT2D eigenvalue weighted by Crippen LogP contribution is -2.19. The van der Waals surface area contributed by atoms with E-state index in [9.17, 15) is 13.2 Å². The van der Waals surface area contributed by atoms with Crippen LogP contribution in [0.1, 0.15) is 19.5 Å². The quantitative estimate of drug-likeness (QED) is 0.860. The van der Waals surface area contributed by atoms with Crippen LogP contribution in [0.4, 0.5) is 13.2 Å². The van der Waals surface area contributed by atoms with Crippen molar-refractivity contribution in [3.63, 3.8) is 0 Å². The van der Waals surface area contributed by atoms with Gasteiger partial charge in [-0.05, 0) is 30.7 Å². The molecule has 0 saturated carbocycles. The van der Waals surface area contributed by atoms with Crippen LogP contribution in [0.15, 0.2) is 24.4 Å². The van der Waals surface area contributed by atoms with E-state index >= 15 is 0 Å².